The minimum atomic E-state index is -0.466. The highest BCUT2D eigenvalue weighted by molar-refractivity contribution is 5.88. The van der Waals surface area contributed by atoms with E-state index in [1.165, 1.54) is 31.7 Å². The standard InChI is InChI=1S/C17H13FN2O4.C3H9NO/c1-22-17(21)12-4-7-15(19-8-12)23-9-13-10-24-20-16(13)11-2-5-14(18)6-3-11;4-2-1-3-5/h2-8,10H,9H2,1H3;5H,1-4H2. The molecule has 0 spiro atoms. The van der Waals surface area contributed by atoms with E-state index in [0.717, 1.165) is 12.0 Å². The lowest BCUT2D eigenvalue weighted by Crippen LogP contribution is -2.03. The minimum Gasteiger partial charge on any atom is -0.473 e. The normalized spacial score (nSPS) is 10.1. The van der Waals surface area contributed by atoms with Crippen LogP contribution in [0.4, 0.5) is 4.39 Å². The Morgan fingerprint density at radius 1 is 1.24 bits per heavy atom. The van der Waals surface area contributed by atoms with E-state index < -0.39 is 5.97 Å². The molecule has 2 aromatic heterocycles. The largest absolute Gasteiger partial charge is 0.473 e. The van der Waals surface area contributed by atoms with E-state index in [2.05, 4.69) is 14.9 Å². The first kappa shape index (κ1) is 22.0. The maximum atomic E-state index is 13.0. The SMILES string of the molecule is COC(=O)c1ccc(OCc2conc2-c2ccc(F)cc2)nc1.NCCCO. The molecule has 0 unspecified atom stereocenters. The number of esters is 1. The van der Waals surface area contributed by atoms with Crippen molar-refractivity contribution in [2.45, 2.75) is 13.0 Å². The van der Waals surface area contributed by atoms with Crippen LogP contribution >= 0.6 is 0 Å². The lowest BCUT2D eigenvalue weighted by molar-refractivity contribution is 0.0600. The van der Waals surface area contributed by atoms with Crippen molar-refractivity contribution >= 4 is 5.97 Å². The number of aromatic nitrogens is 2. The zero-order chi connectivity index (χ0) is 21.1. The molecule has 29 heavy (non-hydrogen) atoms. The van der Waals surface area contributed by atoms with E-state index in [0.29, 0.717) is 29.2 Å². The molecular weight excluding hydrogens is 381 g/mol. The van der Waals surface area contributed by atoms with Crippen LogP contribution in [0.2, 0.25) is 0 Å². The maximum absolute atomic E-state index is 13.0. The summed E-state index contributed by atoms with van der Waals surface area (Å²) in [4.78, 5) is 15.4. The minimum absolute atomic E-state index is 0.167. The zero-order valence-electron chi connectivity index (χ0n) is 15.9. The Morgan fingerprint density at radius 2 is 2.00 bits per heavy atom. The Kier molecular flexibility index (Phi) is 8.74. The van der Waals surface area contributed by atoms with Crippen LogP contribution in [0.3, 0.4) is 0 Å². The number of ether oxygens (including phenoxy) is 2. The van der Waals surface area contributed by atoms with Crippen molar-refractivity contribution in [1.82, 2.24) is 10.1 Å². The van der Waals surface area contributed by atoms with Crippen LogP contribution in [0.1, 0.15) is 22.3 Å². The third kappa shape index (κ3) is 6.66. The molecule has 154 valence electrons. The second kappa shape index (κ2) is 11.5. The summed E-state index contributed by atoms with van der Waals surface area (Å²) in [5, 5.41) is 11.9. The van der Waals surface area contributed by atoms with Crippen molar-refractivity contribution in [2.75, 3.05) is 20.3 Å². The van der Waals surface area contributed by atoms with E-state index in [-0.39, 0.29) is 19.0 Å². The fraction of sp³-hybridized carbons (Fsp3) is 0.250. The summed E-state index contributed by atoms with van der Waals surface area (Å²) in [7, 11) is 1.30. The van der Waals surface area contributed by atoms with E-state index in [9.17, 15) is 9.18 Å². The van der Waals surface area contributed by atoms with Crippen LogP contribution in [0.5, 0.6) is 5.88 Å². The van der Waals surface area contributed by atoms with Gasteiger partial charge >= 0.3 is 5.97 Å². The molecule has 3 aromatic rings. The van der Waals surface area contributed by atoms with Crippen molar-refractivity contribution in [3.63, 3.8) is 0 Å². The Hall–Kier alpha value is -3.30. The van der Waals surface area contributed by atoms with Crippen LogP contribution in [-0.2, 0) is 11.3 Å². The molecule has 0 aliphatic carbocycles. The number of halogens is 1. The number of nitrogens with two attached hydrogens (primary N) is 1. The Bertz CT molecular complexity index is 880. The van der Waals surface area contributed by atoms with Crippen LogP contribution < -0.4 is 10.5 Å². The molecule has 0 amide bonds. The van der Waals surface area contributed by atoms with Crippen LogP contribution in [-0.4, -0.2) is 41.5 Å². The number of hydrogen-bond acceptors (Lipinski definition) is 8. The van der Waals surface area contributed by atoms with Crippen molar-refractivity contribution in [1.29, 1.82) is 0 Å². The summed E-state index contributed by atoms with van der Waals surface area (Å²) in [6.07, 6.45) is 3.55. The molecule has 3 rings (SSSR count). The summed E-state index contributed by atoms with van der Waals surface area (Å²) in [5.74, 6) is -0.449. The topological polar surface area (TPSA) is 121 Å². The first-order valence-corrected chi connectivity index (χ1v) is 8.76. The number of pyridine rings is 1. The number of aliphatic hydroxyl groups is 1. The predicted molar refractivity (Wildman–Crippen MR) is 103 cm³/mol. The summed E-state index contributed by atoms with van der Waals surface area (Å²) >= 11 is 0. The quantitative estimate of drug-likeness (QED) is 0.578. The lowest BCUT2D eigenvalue weighted by atomic mass is 10.1. The number of nitrogens with zero attached hydrogens (tertiary/aromatic N) is 2. The average Bonchev–Trinajstić information content (AvgIpc) is 3.22. The van der Waals surface area contributed by atoms with Gasteiger partial charge in [0.2, 0.25) is 5.88 Å². The van der Waals surface area contributed by atoms with E-state index in [1.54, 1.807) is 24.3 Å². The molecule has 0 aliphatic heterocycles. The van der Waals surface area contributed by atoms with Crippen molar-refractivity contribution < 1.29 is 28.3 Å². The van der Waals surface area contributed by atoms with Gasteiger partial charge in [0.15, 0.2) is 0 Å². The van der Waals surface area contributed by atoms with Crippen molar-refractivity contribution in [3.8, 4) is 17.1 Å². The molecule has 3 N–H and O–H groups in total. The molecule has 9 heteroatoms. The summed E-state index contributed by atoms with van der Waals surface area (Å²) < 4.78 is 28.2. The molecular formula is C20H22FN3O5. The second-order valence-corrected chi connectivity index (χ2v) is 5.73. The van der Waals surface area contributed by atoms with Crippen LogP contribution in [0, 0.1) is 5.82 Å². The van der Waals surface area contributed by atoms with E-state index in [1.807, 2.05) is 0 Å². The van der Waals surface area contributed by atoms with Gasteiger partial charge in [-0.2, -0.15) is 0 Å². The third-order valence-electron chi connectivity index (χ3n) is 3.66. The molecule has 0 saturated carbocycles. The molecule has 0 fully saturated rings. The molecule has 8 nitrogen and oxygen atoms in total. The number of benzene rings is 1. The first-order chi connectivity index (χ1) is 14.1. The summed E-state index contributed by atoms with van der Waals surface area (Å²) in [5.41, 5.74) is 7.30. The van der Waals surface area contributed by atoms with Gasteiger partial charge in [-0.3, -0.25) is 0 Å². The van der Waals surface area contributed by atoms with Gasteiger partial charge in [-0.05, 0) is 43.3 Å². The van der Waals surface area contributed by atoms with Crippen molar-refractivity contribution in [3.05, 3.63) is 65.8 Å². The van der Waals surface area contributed by atoms with Crippen LogP contribution in [0.15, 0.2) is 53.4 Å². The lowest BCUT2D eigenvalue weighted by Gasteiger charge is -2.05. The second-order valence-electron chi connectivity index (χ2n) is 5.73. The molecule has 2 heterocycles. The highest BCUT2D eigenvalue weighted by Crippen LogP contribution is 2.23. The predicted octanol–water partition coefficient (Wildman–Crippen LogP) is 2.57. The number of methoxy groups -OCH3 is 1. The molecule has 0 aliphatic rings. The number of hydrogen-bond donors (Lipinski definition) is 2. The molecule has 0 radical (unpaired) electrons. The number of rotatable bonds is 7. The van der Waals surface area contributed by atoms with E-state index in [4.69, 9.17) is 20.1 Å². The van der Waals surface area contributed by atoms with Gasteiger partial charge in [0.1, 0.15) is 24.4 Å². The number of carbonyl (C=O) groups is 1. The Morgan fingerprint density at radius 3 is 2.55 bits per heavy atom. The fourth-order valence-electron chi connectivity index (χ4n) is 2.15. The van der Waals surface area contributed by atoms with Gasteiger partial charge in [0.25, 0.3) is 0 Å². The molecule has 0 bridgehead atoms. The maximum Gasteiger partial charge on any atom is 0.339 e. The molecule has 1 aromatic carbocycles. The highest BCUT2D eigenvalue weighted by Gasteiger charge is 2.12. The smallest absolute Gasteiger partial charge is 0.339 e. The summed E-state index contributed by atoms with van der Waals surface area (Å²) in [6.45, 7) is 0.980. The van der Waals surface area contributed by atoms with Gasteiger partial charge < -0.3 is 24.8 Å². The van der Waals surface area contributed by atoms with Gasteiger partial charge in [-0.25, -0.2) is 14.2 Å². The Labute approximate surface area is 167 Å². The molecule has 0 atom stereocenters. The third-order valence-corrected chi connectivity index (χ3v) is 3.66. The van der Waals surface area contributed by atoms with Gasteiger partial charge in [-0.15, -0.1) is 0 Å². The first-order valence-electron chi connectivity index (χ1n) is 8.76. The fourth-order valence-corrected chi connectivity index (χ4v) is 2.15. The summed E-state index contributed by atoms with van der Waals surface area (Å²) in [6, 6.07) is 9.05. The van der Waals surface area contributed by atoms with E-state index >= 15 is 0 Å². The average molecular weight is 403 g/mol. The van der Waals surface area contributed by atoms with Gasteiger partial charge in [0, 0.05) is 24.4 Å². The zero-order valence-corrected chi connectivity index (χ0v) is 15.9. The van der Waals surface area contributed by atoms with Crippen LogP contribution in [0.25, 0.3) is 11.3 Å². The molecule has 0 saturated heterocycles. The Balaban J connectivity index is 0.000000537. The number of carbonyl (C=O) groups excluding carboxylic acids is 1. The number of aliphatic hydroxyl groups excluding tert-OH is 1. The van der Waals surface area contributed by atoms with Gasteiger partial charge in [-0.1, -0.05) is 5.16 Å². The monoisotopic (exact) mass is 403 g/mol. The highest BCUT2D eigenvalue weighted by atomic mass is 19.1. The van der Waals surface area contributed by atoms with Gasteiger partial charge in [0.05, 0.1) is 18.2 Å². The van der Waals surface area contributed by atoms with Crippen molar-refractivity contribution in [2.24, 2.45) is 5.73 Å².